The van der Waals surface area contributed by atoms with Gasteiger partial charge in [-0.15, -0.1) is 0 Å². The van der Waals surface area contributed by atoms with Crippen LogP contribution in [0.2, 0.25) is 5.02 Å². The van der Waals surface area contributed by atoms with Gasteiger partial charge < -0.3 is 20.3 Å². The van der Waals surface area contributed by atoms with E-state index in [2.05, 4.69) is 11.4 Å². The number of ether oxygens (including phenoxy) is 1. The largest absolute Gasteiger partial charge is 0.478 e. The zero-order chi connectivity index (χ0) is 22.7. The topological polar surface area (TPSA) is 78.8 Å². The van der Waals surface area contributed by atoms with Crippen LogP contribution in [0.3, 0.4) is 0 Å². The SMILES string of the molecule is Cc1c(Oc2ccc3c(c2)C[C@@H](NC[C@H](O)c2cccc(Cl)c2)CC3)cccc1C(=O)O. The molecule has 0 fully saturated rings. The summed E-state index contributed by atoms with van der Waals surface area (Å²) in [5, 5.41) is 23.9. The molecule has 0 aromatic heterocycles. The molecule has 0 saturated heterocycles. The van der Waals surface area contributed by atoms with E-state index in [0.29, 0.717) is 28.6 Å². The predicted molar refractivity (Wildman–Crippen MR) is 125 cm³/mol. The minimum atomic E-state index is -0.965. The molecule has 3 aromatic rings. The molecule has 0 heterocycles. The number of aliphatic hydroxyl groups is 1. The molecule has 3 aromatic carbocycles. The van der Waals surface area contributed by atoms with Gasteiger partial charge in [0.2, 0.25) is 0 Å². The fraction of sp³-hybridized carbons (Fsp3) is 0.269. The Hall–Kier alpha value is -2.86. The second-order valence-electron chi connectivity index (χ2n) is 8.19. The van der Waals surface area contributed by atoms with Crippen LogP contribution < -0.4 is 10.1 Å². The van der Waals surface area contributed by atoms with E-state index < -0.39 is 12.1 Å². The van der Waals surface area contributed by atoms with Gasteiger partial charge in [-0.2, -0.15) is 0 Å². The number of nitrogens with one attached hydrogen (secondary N) is 1. The lowest BCUT2D eigenvalue weighted by atomic mass is 9.88. The number of aryl methyl sites for hydroxylation is 1. The molecule has 1 aliphatic carbocycles. The van der Waals surface area contributed by atoms with Crippen molar-refractivity contribution in [3.63, 3.8) is 0 Å². The third kappa shape index (κ3) is 5.13. The van der Waals surface area contributed by atoms with Gasteiger partial charge >= 0.3 is 5.97 Å². The minimum absolute atomic E-state index is 0.239. The lowest BCUT2D eigenvalue weighted by Crippen LogP contribution is -2.37. The summed E-state index contributed by atoms with van der Waals surface area (Å²) in [6.07, 6.45) is 2.17. The average Bonchev–Trinajstić information content (AvgIpc) is 2.78. The number of benzene rings is 3. The number of hydrogen-bond acceptors (Lipinski definition) is 4. The summed E-state index contributed by atoms with van der Waals surface area (Å²) < 4.78 is 6.03. The molecular weight excluding hydrogens is 426 g/mol. The number of hydrogen-bond donors (Lipinski definition) is 3. The number of carboxylic acid groups (broad SMARTS) is 1. The Kier molecular flexibility index (Phi) is 6.80. The number of aliphatic hydroxyl groups excluding tert-OH is 1. The van der Waals surface area contributed by atoms with E-state index in [1.54, 1.807) is 37.3 Å². The Bertz CT molecular complexity index is 1130. The van der Waals surface area contributed by atoms with Gasteiger partial charge in [-0.1, -0.05) is 35.9 Å². The Morgan fingerprint density at radius 2 is 1.97 bits per heavy atom. The van der Waals surface area contributed by atoms with Crippen molar-refractivity contribution in [3.05, 3.63) is 93.5 Å². The first-order valence-corrected chi connectivity index (χ1v) is 11.1. The summed E-state index contributed by atoms with van der Waals surface area (Å²) in [6.45, 7) is 2.21. The fourth-order valence-electron chi connectivity index (χ4n) is 4.16. The van der Waals surface area contributed by atoms with Gasteiger partial charge in [-0.05, 0) is 79.3 Å². The van der Waals surface area contributed by atoms with Crippen molar-refractivity contribution in [1.82, 2.24) is 5.32 Å². The molecule has 5 nitrogen and oxygen atoms in total. The molecule has 0 spiro atoms. The summed E-state index contributed by atoms with van der Waals surface area (Å²) in [4.78, 5) is 11.4. The average molecular weight is 452 g/mol. The molecular formula is C26H26ClNO4. The van der Waals surface area contributed by atoms with Gasteiger partial charge in [0.25, 0.3) is 0 Å². The third-order valence-corrected chi connectivity index (χ3v) is 6.22. The number of halogens is 1. The van der Waals surface area contributed by atoms with Crippen molar-refractivity contribution >= 4 is 17.6 Å². The van der Waals surface area contributed by atoms with Crippen molar-refractivity contribution in [2.45, 2.75) is 38.3 Å². The van der Waals surface area contributed by atoms with Crippen LogP contribution in [0.15, 0.2) is 60.7 Å². The van der Waals surface area contributed by atoms with E-state index in [1.165, 1.54) is 11.1 Å². The lowest BCUT2D eigenvalue weighted by Gasteiger charge is -2.27. The molecule has 0 saturated carbocycles. The highest BCUT2D eigenvalue weighted by atomic mass is 35.5. The first-order chi connectivity index (χ1) is 15.4. The highest BCUT2D eigenvalue weighted by Gasteiger charge is 2.21. The first-order valence-electron chi connectivity index (χ1n) is 10.7. The zero-order valence-corrected chi connectivity index (χ0v) is 18.6. The highest BCUT2D eigenvalue weighted by Crippen LogP contribution is 2.31. The quantitative estimate of drug-likeness (QED) is 0.453. The van der Waals surface area contributed by atoms with Gasteiger partial charge in [-0.3, -0.25) is 0 Å². The van der Waals surface area contributed by atoms with Crippen molar-refractivity contribution in [2.24, 2.45) is 0 Å². The molecule has 0 amide bonds. The standard InChI is InChI=1S/C26H26ClNO4/c1-16-23(26(30)31)6-3-7-25(16)32-22-11-9-17-8-10-21(13-19(17)14-22)28-15-24(29)18-4-2-5-20(27)12-18/h2-7,9,11-12,14,21,24,28-29H,8,10,13,15H2,1H3,(H,30,31)/t21-,24-/m0/s1. The maximum atomic E-state index is 11.4. The smallest absolute Gasteiger partial charge is 0.336 e. The Balaban J connectivity index is 1.42. The van der Waals surface area contributed by atoms with Crippen molar-refractivity contribution in [3.8, 4) is 11.5 Å². The van der Waals surface area contributed by atoms with E-state index in [0.717, 1.165) is 24.8 Å². The zero-order valence-electron chi connectivity index (χ0n) is 17.8. The number of aromatic carboxylic acids is 1. The van der Waals surface area contributed by atoms with Crippen molar-refractivity contribution in [2.75, 3.05) is 6.54 Å². The predicted octanol–water partition coefficient (Wildman–Crippen LogP) is 5.32. The normalized spacial score (nSPS) is 16.3. The molecule has 4 rings (SSSR count). The van der Waals surface area contributed by atoms with Gasteiger partial charge in [0.15, 0.2) is 0 Å². The van der Waals surface area contributed by atoms with Crippen LogP contribution >= 0.6 is 11.6 Å². The molecule has 32 heavy (non-hydrogen) atoms. The number of rotatable bonds is 7. The van der Waals surface area contributed by atoms with Gasteiger partial charge in [-0.25, -0.2) is 4.79 Å². The van der Waals surface area contributed by atoms with Crippen LogP contribution in [-0.4, -0.2) is 28.8 Å². The van der Waals surface area contributed by atoms with Crippen LogP contribution in [0.4, 0.5) is 0 Å². The van der Waals surface area contributed by atoms with E-state index in [9.17, 15) is 15.0 Å². The molecule has 2 atom stereocenters. The Labute approximate surface area is 192 Å². The van der Waals surface area contributed by atoms with Crippen LogP contribution in [0.1, 0.15) is 45.1 Å². The summed E-state index contributed by atoms with van der Waals surface area (Å²) in [5.41, 5.74) is 4.14. The Morgan fingerprint density at radius 1 is 1.16 bits per heavy atom. The van der Waals surface area contributed by atoms with E-state index in [1.807, 2.05) is 24.3 Å². The third-order valence-electron chi connectivity index (χ3n) is 5.98. The summed E-state index contributed by atoms with van der Waals surface area (Å²) >= 11 is 6.03. The maximum Gasteiger partial charge on any atom is 0.336 e. The minimum Gasteiger partial charge on any atom is -0.478 e. The van der Waals surface area contributed by atoms with Gasteiger partial charge in [0, 0.05) is 23.2 Å². The Morgan fingerprint density at radius 3 is 2.75 bits per heavy atom. The second kappa shape index (κ2) is 9.74. The molecule has 0 bridgehead atoms. The molecule has 166 valence electrons. The fourth-order valence-corrected chi connectivity index (χ4v) is 4.36. The van der Waals surface area contributed by atoms with Crippen LogP contribution in [-0.2, 0) is 12.8 Å². The van der Waals surface area contributed by atoms with Gasteiger partial charge in [0.1, 0.15) is 11.5 Å². The van der Waals surface area contributed by atoms with Crippen LogP contribution in [0.5, 0.6) is 11.5 Å². The van der Waals surface area contributed by atoms with E-state index in [4.69, 9.17) is 16.3 Å². The molecule has 1 aliphatic rings. The van der Waals surface area contributed by atoms with Crippen LogP contribution in [0, 0.1) is 6.92 Å². The molecule has 6 heteroatoms. The van der Waals surface area contributed by atoms with E-state index >= 15 is 0 Å². The second-order valence-corrected chi connectivity index (χ2v) is 8.62. The molecule has 0 unspecified atom stereocenters. The van der Waals surface area contributed by atoms with Crippen molar-refractivity contribution in [1.29, 1.82) is 0 Å². The lowest BCUT2D eigenvalue weighted by molar-refractivity contribution is 0.0695. The highest BCUT2D eigenvalue weighted by molar-refractivity contribution is 6.30. The first kappa shape index (κ1) is 22.3. The number of fused-ring (bicyclic) bond motifs is 1. The van der Waals surface area contributed by atoms with E-state index in [-0.39, 0.29) is 11.6 Å². The summed E-state index contributed by atoms with van der Waals surface area (Å²) in [6, 6.07) is 18.6. The number of carbonyl (C=O) groups is 1. The number of carboxylic acids is 1. The summed E-state index contributed by atoms with van der Waals surface area (Å²) in [5.74, 6) is 0.265. The maximum absolute atomic E-state index is 11.4. The summed E-state index contributed by atoms with van der Waals surface area (Å²) in [7, 11) is 0. The van der Waals surface area contributed by atoms with Gasteiger partial charge in [0.05, 0.1) is 11.7 Å². The molecule has 0 aliphatic heterocycles. The van der Waals surface area contributed by atoms with Crippen LogP contribution in [0.25, 0.3) is 0 Å². The molecule has 3 N–H and O–H groups in total. The van der Waals surface area contributed by atoms with Crippen molar-refractivity contribution < 1.29 is 19.7 Å². The monoisotopic (exact) mass is 451 g/mol. The molecule has 0 radical (unpaired) electrons.